The smallest absolute Gasteiger partial charge is 0.233 e. The molecule has 0 aliphatic heterocycles. The van der Waals surface area contributed by atoms with Crippen molar-refractivity contribution in [3.05, 3.63) is 0 Å². The fraction of sp³-hybridized carbons (Fsp3) is 0.917. The summed E-state index contributed by atoms with van der Waals surface area (Å²) >= 11 is 0. The third kappa shape index (κ3) is 7.65. The van der Waals surface area contributed by atoms with Gasteiger partial charge >= 0.3 is 0 Å². The first-order valence-corrected chi connectivity index (χ1v) is 6.08. The molecule has 3 N–H and O–H groups in total. The molecule has 0 saturated carbocycles. The minimum Gasteiger partial charge on any atom is -0.396 e. The van der Waals surface area contributed by atoms with Crippen LogP contribution in [0.3, 0.4) is 0 Å². The topological polar surface area (TPSA) is 61.4 Å². The van der Waals surface area contributed by atoms with Crippen LogP contribution in [0.2, 0.25) is 0 Å². The number of rotatable bonds is 8. The van der Waals surface area contributed by atoms with Crippen molar-refractivity contribution in [3.63, 3.8) is 0 Å². The molecule has 16 heavy (non-hydrogen) atoms. The van der Waals surface area contributed by atoms with E-state index in [1.807, 2.05) is 13.8 Å². The molecule has 0 fully saturated rings. The van der Waals surface area contributed by atoms with Crippen molar-refractivity contribution >= 4 is 5.91 Å². The maximum atomic E-state index is 11.4. The van der Waals surface area contributed by atoms with Gasteiger partial charge in [-0.25, -0.2) is 0 Å². The molecule has 0 aliphatic rings. The number of aliphatic hydroxyl groups excluding tert-OH is 1. The lowest BCUT2D eigenvalue weighted by Gasteiger charge is -2.19. The second kappa shape index (κ2) is 8.53. The van der Waals surface area contributed by atoms with Crippen LogP contribution < -0.4 is 10.6 Å². The van der Waals surface area contributed by atoms with E-state index in [0.717, 1.165) is 13.0 Å². The lowest BCUT2D eigenvalue weighted by Crippen LogP contribution is -2.41. The van der Waals surface area contributed by atoms with Crippen LogP contribution in [0.1, 0.15) is 34.1 Å². The van der Waals surface area contributed by atoms with Gasteiger partial charge in [-0.2, -0.15) is 0 Å². The van der Waals surface area contributed by atoms with E-state index < -0.39 is 0 Å². The molecule has 96 valence electrons. The van der Waals surface area contributed by atoms with Crippen molar-refractivity contribution in [1.29, 1.82) is 0 Å². The molecule has 4 nitrogen and oxygen atoms in total. The molecule has 0 saturated heterocycles. The van der Waals surface area contributed by atoms with Crippen LogP contribution in [-0.4, -0.2) is 36.8 Å². The van der Waals surface area contributed by atoms with Crippen LogP contribution in [0.25, 0.3) is 0 Å². The number of nitrogens with one attached hydrogen (secondary N) is 2. The summed E-state index contributed by atoms with van der Waals surface area (Å²) in [4.78, 5) is 11.4. The summed E-state index contributed by atoms with van der Waals surface area (Å²) in [6.45, 7) is 9.40. The summed E-state index contributed by atoms with van der Waals surface area (Å²) < 4.78 is 0. The van der Waals surface area contributed by atoms with E-state index in [1.54, 1.807) is 0 Å². The van der Waals surface area contributed by atoms with Gasteiger partial charge in [-0.05, 0) is 25.2 Å². The molecule has 0 spiro atoms. The first-order valence-electron chi connectivity index (χ1n) is 6.08. The number of amides is 1. The Labute approximate surface area is 98.8 Å². The highest BCUT2D eigenvalue weighted by atomic mass is 16.3. The van der Waals surface area contributed by atoms with Gasteiger partial charge in [0.05, 0.1) is 6.54 Å². The highest BCUT2D eigenvalue weighted by molar-refractivity contribution is 5.77. The van der Waals surface area contributed by atoms with E-state index in [4.69, 9.17) is 5.11 Å². The summed E-state index contributed by atoms with van der Waals surface area (Å²) in [6.07, 6.45) is 1.01. The normalized spacial score (nSPS) is 14.9. The fourth-order valence-corrected chi connectivity index (χ4v) is 1.18. The number of hydrogen-bond donors (Lipinski definition) is 3. The summed E-state index contributed by atoms with van der Waals surface area (Å²) in [7, 11) is 0. The van der Waals surface area contributed by atoms with Crippen LogP contribution in [0, 0.1) is 11.8 Å². The van der Waals surface area contributed by atoms with Crippen molar-refractivity contribution in [1.82, 2.24) is 10.6 Å². The average molecular weight is 230 g/mol. The SMILES string of the molecule is CC(C)CCNC(=O)CNC(C)C(C)CO. The lowest BCUT2D eigenvalue weighted by atomic mass is 10.1. The van der Waals surface area contributed by atoms with Crippen LogP contribution in [0.4, 0.5) is 0 Å². The zero-order valence-electron chi connectivity index (χ0n) is 10.9. The molecule has 2 unspecified atom stereocenters. The van der Waals surface area contributed by atoms with E-state index in [0.29, 0.717) is 12.5 Å². The summed E-state index contributed by atoms with van der Waals surface area (Å²) in [5.74, 6) is 0.808. The molecule has 4 heteroatoms. The van der Waals surface area contributed by atoms with Crippen LogP contribution in [0.15, 0.2) is 0 Å². The predicted octanol–water partition coefficient (Wildman–Crippen LogP) is 0.755. The third-order valence-corrected chi connectivity index (χ3v) is 2.77. The van der Waals surface area contributed by atoms with Gasteiger partial charge in [0.2, 0.25) is 5.91 Å². The molecule has 0 bridgehead atoms. The molecule has 0 aromatic carbocycles. The Morgan fingerprint density at radius 2 is 1.88 bits per heavy atom. The zero-order chi connectivity index (χ0) is 12.6. The fourth-order valence-electron chi connectivity index (χ4n) is 1.18. The second-order valence-corrected chi connectivity index (χ2v) is 4.86. The Balaban J connectivity index is 3.57. The largest absolute Gasteiger partial charge is 0.396 e. The summed E-state index contributed by atoms with van der Waals surface area (Å²) in [6, 6.07) is 0.154. The molecule has 0 heterocycles. The number of hydrogen-bond acceptors (Lipinski definition) is 3. The number of aliphatic hydroxyl groups is 1. The van der Waals surface area contributed by atoms with E-state index in [9.17, 15) is 4.79 Å². The lowest BCUT2D eigenvalue weighted by molar-refractivity contribution is -0.120. The van der Waals surface area contributed by atoms with Crippen LogP contribution >= 0.6 is 0 Å². The predicted molar refractivity (Wildman–Crippen MR) is 66.2 cm³/mol. The molecule has 1 amide bonds. The molecule has 0 rings (SSSR count). The van der Waals surface area contributed by atoms with Gasteiger partial charge in [0, 0.05) is 19.2 Å². The van der Waals surface area contributed by atoms with Gasteiger partial charge in [-0.15, -0.1) is 0 Å². The Bertz CT molecular complexity index is 195. The minimum absolute atomic E-state index is 0.0256. The van der Waals surface area contributed by atoms with Gasteiger partial charge in [-0.1, -0.05) is 20.8 Å². The maximum absolute atomic E-state index is 11.4. The Morgan fingerprint density at radius 3 is 2.38 bits per heavy atom. The van der Waals surface area contributed by atoms with E-state index in [1.165, 1.54) is 0 Å². The quantitative estimate of drug-likeness (QED) is 0.577. The molecular formula is C12H26N2O2. The molecular weight excluding hydrogens is 204 g/mol. The third-order valence-electron chi connectivity index (χ3n) is 2.77. The average Bonchev–Trinajstić information content (AvgIpc) is 2.24. The summed E-state index contributed by atoms with van der Waals surface area (Å²) in [5.41, 5.74) is 0. The second-order valence-electron chi connectivity index (χ2n) is 4.86. The Hall–Kier alpha value is -0.610. The maximum Gasteiger partial charge on any atom is 0.233 e. The van der Waals surface area contributed by atoms with E-state index in [2.05, 4.69) is 24.5 Å². The van der Waals surface area contributed by atoms with Gasteiger partial charge in [0.25, 0.3) is 0 Å². The highest BCUT2D eigenvalue weighted by Crippen LogP contribution is 1.99. The molecule has 2 atom stereocenters. The Kier molecular flexibility index (Phi) is 8.21. The van der Waals surface area contributed by atoms with Gasteiger partial charge in [0.1, 0.15) is 0 Å². The van der Waals surface area contributed by atoms with Gasteiger partial charge in [0.15, 0.2) is 0 Å². The van der Waals surface area contributed by atoms with Crippen LogP contribution in [0.5, 0.6) is 0 Å². The first-order chi connectivity index (χ1) is 7.47. The van der Waals surface area contributed by atoms with Crippen molar-refractivity contribution in [3.8, 4) is 0 Å². The molecule has 0 radical (unpaired) electrons. The van der Waals surface area contributed by atoms with Crippen molar-refractivity contribution in [2.24, 2.45) is 11.8 Å². The van der Waals surface area contributed by atoms with E-state index >= 15 is 0 Å². The van der Waals surface area contributed by atoms with Crippen molar-refractivity contribution in [2.75, 3.05) is 19.7 Å². The molecule has 0 aromatic rings. The van der Waals surface area contributed by atoms with Gasteiger partial charge in [-0.3, -0.25) is 4.79 Å². The highest BCUT2D eigenvalue weighted by Gasteiger charge is 2.11. The standard InChI is InChI=1S/C12H26N2O2/c1-9(2)5-6-13-12(16)7-14-11(4)10(3)8-15/h9-11,14-15H,5-8H2,1-4H3,(H,13,16). The van der Waals surface area contributed by atoms with Crippen molar-refractivity contribution in [2.45, 2.75) is 40.2 Å². The van der Waals surface area contributed by atoms with Gasteiger partial charge < -0.3 is 15.7 Å². The monoisotopic (exact) mass is 230 g/mol. The Morgan fingerprint density at radius 1 is 1.25 bits per heavy atom. The zero-order valence-corrected chi connectivity index (χ0v) is 10.9. The minimum atomic E-state index is 0.0256. The molecule has 0 aromatic heterocycles. The van der Waals surface area contributed by atoms with Crippen LogP contribution in [-0.2, 0) is 4.79 Å². The number of carbonyl (C=O) groups is 1. The number of carbonyl (C=O) groups excluding carboxylic acids is 1. The molecule has 0 aliphatic carbocycles. The van der Waals surface area contributed by atoms with Crippen molar-refractivity contribution < 1.29 is 9.90 Å². The summed E-state index contributed by atoms with van der Waals surface area (Å²) in [5, 5.41) is 14.9. The van der Waals surface area contributed by atoms with E-state index in [-0.39, 0.29) is 24.5 Å². The first kappa shape index (κ1) is 15.4.